The Morgan fingerprint density at radius 1 is 1.09 bits per heavy atom. The molecule has 0 radical (unpaired) electrons. The molecule has 0 fully saturated rings. The van der Waals surface area contributed by atoms with E-state index in [9.17, 15) is 21.9 Å². The Labute approximate surface area is 187 Å². The monoisotopic (exact) mass is 493 g/mol. The van der Waals surface area contributed by atoms with Gasteiger partial charge in [0.25, 0.3) is 0 Å². The van der Waals surface area contributed by atoms with Gasteiger partial charge in [0.15, 0.2) is 15.8 Å². The number of fused-ring (bicyclic) bond motifs is 1. The quantitative estimate of drug-likeness (QED) is 0.177. The third-order valence-electron chi connectivity index (χ3n) is 5.01. The number of aromatic amines is 2. The number of imidazole rings is 1. The molecule has 4 rings (SSSR count). The molecule has 2 aromatic heterocycles. The Morgan fingerprint density at radius 3 is 2.45 bits per heavy atom. The van der Waals surface area contributed by atoms with Crippen molar-refractivity contribution in [1.29, 1.82) is 0 Å². The number of H-pyrrole nitrogens is 2. The van der Waals surface area contributed by atoms with Gasteiger partial charge in [0.1, 0.15) is 10.1 Å². The van der Waals surface area contributed by atoms with Gasteiger partial charge < -0.3 is 21.6 Å². The number of sulfone groups is 1. The van der Waals surface area contributed by atoms with Gasteiger partial charge in [-0.15, -0.1) is 10.2 Å². The molecule has 0 spiro atoms. The predicted molar refractivity (Wildman–Crippen MR) is 118 cm³/mol. The molecular weight excluding hydrogens is 474 g/mol. The standard InChI is InChI=1S/C17H19N9O5S2/c18-6-8(7-27)32(28,29)12-5-4-9(10-2-1-3-11-14(10)22-17(19)21-11)13(15(12)33(20,30)31)16-23-25-26-24-16/h1-5,8,27H,6-7,18H2,(H3,19,21,22)(H2,20,30,31)(H,23,24,25,26). The lowest BCUT2D eigenvalue weighted by Crippen LogP contribution is -2.34. The van der Waals surface area contributed by atoms with Crippen molar-refractivity contribution >= 4 is 36.8 Å². The van der Waals surface area contributed by atoms with Gasteiger partial charge in [0, 0.05) is 12.1 Å². The van der Waals surface area contributed by atoms with Crippen LogP contribution in [0.4, 0.5) is 5.95 Å². The summed E-state index contributed by atoms with van der Waals surface area (Å²) in [5, 5.41) is 26.9. The number of benzene rings is 2. The molecule has 2 aromatic carbocycles. The van der Waals surface area contributed by atoms with Crippen molar-refractivity contribution < 1.29 is 21.9 Å². The number of nitrogens with two attached hydrogens (primary N) is 3. The maximum absolute atomic E-state index is 13.2. The van der Waals surface area contributed by atoms with Gasteiger partial charge in [-0.25, -0.2) is 27.0 Å². The number of hydrogen-bond donors (Lipinski definition) is 6. The summed E-state index contributed by atoms with van der Waals surface area (Å²) in [7, 11) is -9.11. The summed E-state index contributed by atoms with van der Waals surface area (Å²) in [6.45, 7) is -1.28. The van der Waals surface area contributed by atoms with Crippen molar-refractivity contribution in [2.24, 2.45) is 10.9 Å². The number of sulfonamides is 1. The number of rotatable bonds is 7. The summed E-state index contributed by atoms with van der Waals surface area (Å²) < 4.78 is 51.9. The van der Waals surface area contributed by atoms with Crippen LogP contribution in [0, 0.1) is 0 Å². The van der Waals surface area contributed by atoms with Gasteiger partial charge >= 0.3 is 0 Å². The minimum Gasteiger partial charge on any atom is -0.395 e. The molecule has 14 nitrogen and oxygen atoms in total. The highest BCUT2D eigenvalue weighted by Gasteiger charge is 2.36. The smallest absolute Gasteiger partial charge is 0.240 e. The van der Waals surface area contributed by atoms with E-state index >= 15 is 0 Å². The topological polar surface area (TPSA) is 250 Å². The van der Waals surface area contributed by atoms with Gasteiger partial charge in [0.05, 0.1) is 28.1 Å². The first kappa shape index (κ1) is 22.7. The summed E-state index contributed by atoms with van der Waals surface area (Å²) in [5.74, 6) is -0.0990. The summed E-state index contributed by atoms with van der Waals surface area (Å²) in [5.41, 5.74) is 12.6. The molecule has 0 saturated carbocycles. The first-order valence-corrected chi connectivity index (χ1v) is 12.4. The number of aliphatic hydroxyl groups is 1. The normalized spacial score (nSPS) is 13.4. The number of anilines is 1. The maximum Gasteiger partial charge on any atom is 0.240 e. The number of nitrogen functional groups attached to an aromatic ring is 1. The lowest BCUT2D eigenvalue weighted by molar-refractivity contribution is 0.291. The molecule has 0 aliphatic rings. The second kappa shape index (κ2) is 8.16. The highest BCUT2D eigenvalue weighted by Crippen LogP contribution is 2.41. The molecule has 0 amide bonds. The molecule has 0 saturated heterocycles. The zero-order valence-electron chi connectivity index (χ0n) is 16.8. The molecule has 1 atom stereocenters. The molecule has 0 bridgehead atoms. The zero-order chi connectivity index (χ0) is 24.0. The van der Waals surface area contributed by atoms with Crippen molar-refractivity contribution in [3.05, 3.63) is 30.3 Å². The van der Waals surface area contributed by atoms with Crippen molar-refractivity contribution in [3.63, 3.8) is 0 Å². The first-order chi connectivity index (χ1) is 15.6. The van der Waals surface area contributed by atoms with Crippen LogP contribution in [0.5, 0.6) is 0 Å². The molecule has 0 aliphatic heterocycles. The van der Waals surface area contributed by atoms with E-state index in [1.54, 1.807) is 18.2 Å². The summed E-state index contributed by atoms with van der Waals surface area (Å²) in [6, 6.07) is 7.48. The Balaban J connectivity index is 2.17. The molecule has 1 unspecified atom stereocenters. The number of tetrazole rings is 1. The molecule has 16 heteroatoms. The van der Waals surface area contributed by atoms with Crippen LogP contribution >= 0.6 is 0 Å². The van der Waals surface area contributed by atoms with Gasteiger partial charge in [0.2, 0.25) is 15.8 Å². The number of primary sulfonamides is 1. The molecule has 0 aliphatic carbocycles. The van der Waals surface area contributed by atoms with E-state index in [-0.39, 0.29) is 22.9 Å². The van der Waals surface area contributed by atoms with E-state index in [1.807, 2.05) is 0 Å². The van der Waals surface area contributed by atoms with Gasteiger partial charge in [-0.3, -0.25) is 0 Å². The number of aromatic nitrogens is 6. The van der Waals surface area contributed by atoms with Gasteiger partial charge in [-0.1, -0.05) is 18.2 Å². The molecular formula is C17H19N9O5S2. The van der Waals surface area contributed by atoms with E-state index in [1.165, 1.54) is 6.07 Å². The van der Waals surface area contributed by atoms with Gasteiger partial charge in [-0.2, -0.15) is 5.21 Å². The molecule has 174 valence electrons. The van der Waals surface area contributed by atoms with Crippen LogP contribution < -0.4 is 16.6 Å². The summed E-state index contributed by atoms with van der Waals surface area (Å²) in [6.07, 6.45) is 0. The second-order valence-electron chi connectivity index (χ2n) is 7.00. The molecule has 4 aromatic rings. The average Bonchev–Trinajstić information content (AvgIpc) is 3.41. The lowest BCUT2D eigenvalue weighted by Gasteiger charge is -2.19. The molecule has 33 heavy (non-hydrogen) atoms. The first-order valence-electron chi connectivity index (χ1n) is 9.32. The fourth-order valence-electron chi connectivity index (χ4n) is 3.53. The summed E-state index contributed by atoms with van der Waals surface area (Å²) in [4.78, 5) is 5.71. The molecule has 9 N–H and O–H groups in total. The maximum atomic E-state index is 13.2. The minimum atomic E-state index is -4.68. The number of aliphatic hydroxyl groups excluding tert-OH is 1. The average molecular weight is 494 g/mol. The minimum absolute atomic E-state index is 0.123. The summed E-state index contributed by atoms with van der Waals surface area (Å²) >= 11 is 0. The SMILES string of the molecule is NCC(CO)S(=O)(=O)c1ccc(-c2cccc3[nH]c(N)nc23)c(-c2nn[nH]n2)c1S(N)(=O)=O. The Hall–Kier alpha value is -3.44. The van der Waals surface area contributed by atoms with Crippen molar-refractivity contribution in [2.75, 3.05) is 18.9 Å². The van der Waals surface area contributed by atoms with E-state index < -0.39 is 48.1 Å². The number of nitrogens with one attached hydrogen (secondary N) is 2. The van der Waals surface area contributed by atoms with Crippen LogP contribution in [0.1, 0.15) is 0 Å². The Bertz CT molecular complexity index is 1540. The van der Waals surface area contributed by atoms with E-state index in [2.05, 4.69) is 30.6 Å². The van der Waals surface area contributed by atoms with Crippen molar-refractivity contribution in [1.82, 2.24) is 30.6 Å². The zero-order valence-corrected chi connectivity index (χ0v) is 18.4. The number of hydrogen-bond acceptors (Lipinski definition) is 11. The van der Waals surface area contributed by atoms with E-state index in [0.29, 0.717) is 16.6 Å². The van der Waals surface area contributed by atoms with E-state index in [4.69, 9.17) is 16.6 Å². The highest BCUT2D eigenvalue weighted by molar-refractivity contribution is 7.94. The van der Waals surface area contributed by atoms with Gasteiger partial charge in [-0.05, 0) is 22.9 Å². The third-order valence-corrected chi connectivity index (χ3v) is 8.30. The second-order valence-corrected chi connectivity index (χ2v) is 10.7. The van der Waals surface area contributed by atoms with Crippen molar-refractivity contribution in [2.45, 2.75) is 15.0 Å². The van der Waals surface area contributed by atoms with Crippen LogP contribution in [0.25, 0.3) is 33.5 Å². The van der Waals surface area contributed by atoms with Crippen LogP contribution in [0.3, 0.4) is 0 Å². The van der Waals surface area contributed by atoms with Crippen LogP contribution in [-0.4, -0.2) is 70.9 Å². The third kappa shape index (κ3) is 3.83. The Kier molecular flexibility index (Phi) is 5.62. The van der Waals surface area contributed by atoms with Crippen LogP contribution in [0.15, 0.2) is 40.1 Å². The lowest BCUT2D eigenvalue weighted by atomic mass is 9.98. The predicted octanol–water partition coefficient (Wildman–Crippen LogP) is -1.27. The highest BCUT2D eigenvalue weighted by atomic mass is 32.2. The fourth-order valence-corrected chi connectivity index (χ4v) is 6.49. The van der Waals surface area contributed by atoms with E-state index in [0.717, 1.165) is 6.07 Å². The fraction of sp³-hybridized carbons (Fsp3) is 0.176. The number of nitrogens with zero attached hydrogens (tertiary/aromatic N) is 4. The van der Waals surface area contributed by atoms with Crippen LogP contribution in [-0.2, 0) is 19.9 Å². The van der Waals surface area contributed by atoms with Crippen LogP contribution in [0.2, 0.25) is 0 Å². The molecule has 2 heterocycles. The number of para-hydroxylation sites is 1. The van der Waals surface area contributed by atoms with Crippen molar-refractivity contribution in [3.8, 4) is 22.5 Å². The largest absolute Gasteiger partial charge is 0.395 e. The Morgan fingerprint density at radius 2 is 1.85 bits per heavy atom.